The number of carbonyl (C=O) groups excluding carboxylic acids is 3. The molecule has 0 saturated heterocycles. The van der Waals surface area contributed by atoms with Crippen LogP contribution < -0.4 is 10.9 Å². The number of nitrogens with zero attached hydrogens (tertiary/aromatic N) is 1. The molecule has 2 N–H and O–H groups in total. The van der Waals surface area contributed by atoms with Gasteiger partial charge < -0.3 is 4.74 Å². The lowest BCUT2D eigenvalue weighted by Crippen LogP contribution is -2.43. The van der Waals surface area contributed by atoms with E-state index in [1.165, 1.54) is 34.9 Å². The van der Waals surface area contributed by atoms with Crippen molar-refractivity contribution >= 4 is 29.1 Å². The maximum Gasteiger partial charge on any atom is 0.358 e. The molecule has 0 spiro atoms. The van der Waals surface area contributed by atoms with Crippen molar-refractivity contribution in [3.8, 4) is 10.6 Å². The van der Waals surface area contributed by atoms with Crippen LogP contribution in [0.3, 0.4) is 0 Å². The summed E-state index contributed by atoms with van der Waals surface area (Å²) in [5, 5.41) is 2.18. The molecule has 9 heteroatoms. The fraction of sp³-hybridized carbons (Fsp3) is 0.0526. The first-order valence-electron chi connectivity index (χ1n) is 8.06. The van der Waals surface area contributed by atoms with E-state index in [1.807, 2.05) is 41.2 Å². The number of carbonyl (C=O) groups is 3. The smallest absolute Gasteiger partial charge is 0.358 e. The first-order valence-corrected chi connectivity index (χ1v) is 8.94. The zero-order chi connectivity index (χ0) is 19.9. The summed E-state index contributed by atoms with van der Waals surface area (Å²) in [6.07, 6.45) is 0. The quantitative estimate of drug-likeness (QED) is 0.508. The van der Waals surface area contributed by atoms with Gasteiger partial charge in [0, 0.05) is 10.9 Å². The predicted molar refractivity (Wildman–Crippen MR) is 99.8 cm³/mol. The lowest BCUT2D eigenvalue weighted by Gasteiger charge is -2.08. The summed E-state index contributed by atoms with van der Waals surface area (Å²) in [6, 6.07) is 14.6. The molecule has 2 aromatic carbocycles. The minimum absolute atomic E-state index is 0.0760. The molecule has 0 aliphatic rings. The largest absolute Gasteiger partial charge is 0.451 e. The minimum Gasteiger partial charge on any atom is -0.451 e. The summed E-state index contributed by atoms with van der Waals surface area (Å²) in [5.41, 5.74) is 4.80. The number of hydrogen-bond acceptors (Lipinski definition) is 6. The Bertz CT molecular complexity index is 1010. The molecule has 0 atom stereocenters. The standard InChI is InChI=1S/C19H14FN3O4S/c20-14-9-5-4-8-13(14)17(25)23-22-16(24)10-27-19(26)15-11-28-18(21-15)12-6-2-1-3-7-12/h1-9,11H,10H2,(H,22,24)(H,23,25). The van der Waals surface area contributed by atoms with E-state index in [0.29, 0.717) is 5.01 Å². The monoisotopic (exact) mass is 399 g/mol. The van der Waals surface area contributed by atoms with Gasteiger partial charge in [0.2, 0.25) is 0 Å². The van der Waals surface area contributed by atoms with Gasteiger partial charge in [0.25, 0.3) is 11.8 Å². The van der Waals surface area contributed by atoms with E-state index in [-0.39, 0.29) is 11.3 Å². The number of hydrogen-bond donors (Lipinski definition) is 2. The Morgan fingerprint density at radius 1 is 1.00 bits per heavy atom. The van der Waals surface area contributed by atoms with Crippen molar-refractivity contribution in [3.63, 3.8) is 0 Å². The molecule has 0 bridgehead atoms. The molecule has 7 nitrogen and oxygen atoms in total. The number of esters is 1. The Balaban J connectivity index is 1.48. The SMILES string of the molecule is O=C(COC(=O)c1csc(-c2ccccc2)n1)NNC(=O)c1ccccc1F. The number of halogens is 1. The maximum atomic E-state index is 13.5. The molecular formula is C19H14FN3O4S. The van der Waals surface area contributed by atoms with Crippen LogP contribution in [-0.2, 0) is 9.53 Å². The molecule has 0 saturated carbocycles. The van der Waals surface area contributed by atoms with Crippen LogP contribution in [0.2, 0.25) is 0 Å². The van der Waals surface area contributed by atoms with Gasteiger partial charge in [-0.05, 0) is 12.1 Å². The van der Waals surface area contributed by atoms with Crippen LogP contribution in [-0.4, -0.2) is 29.4 Å². The molecule has 0 fully saturated rings. The number of thiazole rings is 1. The van der Waals surface area contributed by atoms with E-state index in [4.69, 9.17) is 4.74 Å². The van der Waals surface area contributed by atoms with Crippen LogP contribution in [0, 0.1) is 5.82 Å². The lowest BCUT2D eigenvalue weighted by atomic mass is 10.2. The van der Waals surface area contributed by atoms with Gasteiger partial charge >= 0.3 is 5.97 Å². The van der Waals surface area contributed by atoms with Gasteiger partial charge in [0.05, 0.1) is 5.56 Å². The molecule has 0 unspecified atom stereocenters. The minimum atomic E-state index is -0.829. The number of hydrazine groups is 1. The van der Waals surface area contributed by atoms with Crippen LogP contribution in [0.5, 0.6) is 0 Å². The molecular weight excluding hydrogens is 385 g/mol. The number of amides is 2. The molecule has 28 heavy (non-hydrogen) atoms. The summed E-state index contributed by atoms with van der Waals surface area (Å²) in [6.45, 7) is -0.630. The highest BCUT2D eigenvalue weighted by molar-refractivity contribution is 7.13. The normalized spacial score (nSPS) is 10.2. The first-order chi connectivity index (χ1) is 13.5. The molecule has 2 amide bonds. The van der Waals surface area contributed by atoms with Crippen molar-refractivity contribution in [1.29, 1.82) is 0 Å². The predicted octanol–water partition coefficient (Wildman–Crippen LogP) is 2.57. The Morgan fingerprint density at radius 3 is 2.46 bits per heavy atom. The van der Waals surface area contributed by atoms with E-state index < -0.39 is 30.2 Å². The van der Waals surface area contributed by atoms with Gasteiger partial charge in [-0.3, -0.25) is 20.4 Å². The van der Waals surface area contributed by atoms with Gasteiger partial charge in [0.1, 0.15) is 10.8 Å². The van der Waals surface area contributed by atoms with Crippen LogP contribution in [0.4, 0.5) is 4.39 Å². The van der Waals surface area contributed by atoms with Crippen molar-refractivity contribution in [3.05, 3.63) is 77.1 Å². The molecule has 1 heterocycles. The fourth-order valence-electron chi connectivity index (χ4n) is 2.16. The van der Waals surface area contributed by atoms with Gasteiger partial charge in [-0.1, -0.05) is 42.5 Å². The molecule has 0 aliphatic heterocycles. The summed E-state index contributed by atoms with van der Waals surface area (Å²) in [5.74, 6) is -3.10. The average Bonchev–Trinajstić information content (AvgIpc) is 3.21. The summed E-state index contributed by atoms with van der Waals surface area (Å²) >= 11 is 1.27. The number of benzene rings is 2. The topological polar surface area (TPSA) is 97.4 Å². The highest BCUT2D eigenvalue weighted by atomic mass is 32.1. The molecule has 0 radical (unpaired) electrons. The number of ether oxygens (including phenoxy) is 1. The zero-order valence-corrected chi connectivity index (χ0v) is 15.2. The van der Waals surface area contributed by atoms with Crippen molar-refractivity contribution in [2.45, 2.75) is 0 Å². The van der Waals surface area contributed by atoms with Gasteiger partial charge in [-0.2, -0.15) is 0 Å². The average molecular weight is 399 g/mol. The van der Waals surface area contributed by atoms with Gasteiger partial charge in [-0.15, -0.1) is 11.3 Å². The lowest BCUT2D eigenvalue weighted by molar-refractivity contribution is -0.125. The number of nitrogens with one attached hydrogen (secondary N) is 2. The third-order valence-electron chi connectivity index (χ3n) is 3.50. The second kappa shape index (κ2) is 8.87. The zero-order valence-electron chi connectivity index (χ0n) is 14.3. The van der Waals surface area contributed by atoms with Crippen molar-refractivity contribution in [2.24, 2.45) is 0 Å². The Hall–Kier alpha value is -3.59. The summed E-state index contributed by atoms with van der Waals surface area (Å²) < 4.78 is 18.4. The summed E-state index contributed by atoms with van der Waals surface area (Å²) in [4.78, 5) is 39.7. The third kappa shape index (κ3) is 4.77. The van der Waals surface area contributed by atoms with E-state index in [0.717, 1.165) is 11.6 Å². The summed E-state index contributed by atoms with van der Waals surface area (Å²) in [7, 11) is 0. The highest BCUT2D eigenvalue weighted by Crippen LogP contribution is 2.23. The van der Waals surface area contributed by atoms with E-state index in [9.17, 15) is 18.8 Å². The van der Waals surface area contributed by atoms with Crippen molar-refractivity contribution in [1.82, 2.24) is 15.8 Å². The Morgan fingerprint density at radius 2 is 1.71 bits per heavy atom. The number of aromatic nitrogens is 1. The second-order valence-electron chi connectivity index (χ2n) is 5.46. The van der Waals surface area contributed by atoms with Crippen LogP contribution in [0.15, 0.2) is 60.0 Å². The van der Waals surface area contributed by atoms with Crippen LogP contribution in [0.1, 0.15) is 20.8 Å². The van der Waals surface area contributed by atoms with Gasteiger partial charge in [-0.25, -0.2) is 14.2 Å². The van der Waals surface area contributed by atoms with Gasteiger partial charge in [0.15, 0.2) is 12.3 Å². The maximum absolute atomic E-state index is 13.5. The van der Waals surface area contributed by atoms with Crippen molar-refractivity contribution in [2.75, 3.05) is 6.61 Å². The Labute approximate surface area is 163 Å². The second-order valence-corrected chi connectivity index (χ2v) is 6.32. The highest BCUT2D eigenvalue weighted by Gasteiger charge is 2.16. The molecule has 142 valence electrons. The molecule has 3 aromatic rings. The van der Waals surface area contributed by atoms with Crippen LogP contribution >= 0.6 is 11.3 Å². The Kier molecular flexibility index (Phi) is 6.07. The van der Waals surface area contributed by atoms with Crippen LogP contribution in [0.25, 0.3) is 10.6 Å². The van der Waals surface area contributed by atoms with E-state index in [2.05, 4.69) is 4.98 Å². The van der Waals surface area contributed by atoms with E-state index >= 15 is 0 Å². The van der Waals surface area contributed by atoms with E-state index in [1.54, 1.807) is 0 Å². The molecule has 1 aromatic heterocycles. The third-order valence-corrected chi connectivity index (χ3v) is 4.39. The fourth-order valence-corrected chi connectivity index (χ4v) is 2.96. The molecule has 0 aliphatic carbocycles. The van der Waals surface area contributed by atoms with Crippen molar-refractivity contribution < 1.29 is 23.5 Å². The number of rotatable bonds is 5. The first kappa shape index (κ1) is 19.2. The molecule has 3 rings (SSSR count).